The van der Waals surface area contributed by atoms with E-state index in [2.05, 4.69) is 10.3 Å². The Morgan fingerprint density at radius 2 is 2.12 bits per heavy atom. The van der Waals surface area contributed by atoms with Gasteiger partial charge in [-0.15, -0.1) is 0 Å². The Kier molecular flexibility index (Phi) is 3.55. The van der Waals surface area contributed by atoms with Crippen LogP contribution in [0.25, 0.3) is 0 Å². The van der Waals surface area contributed by atoms with Gasteiger partial charge >= 0.3 is 0 Å². The lowest BCUT2D eigenvalue weighted by Crippen LogP contribution is -2.27. The second-order valence-electron chi connectivity index (χ2n) is 3.86. The van der Waals surface area contributed by atoms with Crippen molar-refractivity contribution in [3.63, 3.8) is 0 Å². The zero-order valence-corrected chi connectivity index (χ0v) is 9.76. The first kappa shape index (κ1) is 11.4. The zero-order chi connectivity index (χ0) is 12.1. The highest BCUT2D eigenvalue weighted by molar-refractivity contribution is 5.75. The molecule has 0 saturated carbocycles. The van der Waals surface area contributed by atoms with Gasteiger partial charge in [-0.3, -0.25) is 4.79 Å². The molecule has 0 aliphatic carbocycles. The number of hydrogen-bond acceptors (Lipinski definition) is 2. The van der Waals surface area contributed by atoms with Gasteiger partial charge in [-0.25, -0.2) is 4.98 Å². The Balaban J connectivity index is 1.85. The van der Waals surface area contributed by atoms with Crippen LogP contribution in [0.5, 0.6) is 0 Å². The van der Waals surface area contributed by atoms with Crippen LogP contribution in [-0.2, 0) is 17.9 Å². The van der Waals surface area contributed by atoms with Crippen LogP contribution in [0, 0.1) is 6.92 Å². The van der Waals surface area contributed by atoms with E-state index in [9.17, 15) is 4.79 Å². The number of nitrogens with one attached hydrogen (secondary N) is 1. The van der Waals surface area contributed by atoms with Crippen molar-refractivity contribution in [3.05, 3.63) is 54.1 Å². The molecule has 1 N–H and O–H groups in total. The predicted octanol–water partition coefficient (Wildman–Crippen LogP) is 1.51. The van der Waals surface area contributed by atoms with Crippen LogP contribution in [-0.4, -0.2) is 15.5 Å². The molecule has 0 radical (unpaired) electrons. The molecule has 2 rings (SSSR count). The first-order chi connectivity index (χ1) is 8.25. The summed E-state index contributed by atoms with van der Waals surface area (Å²) < 4.78 is 1.82. The molecule has 4 heteroatoms. The third-order valence-electron chi connectivity index (χ3n) is 2.57. The molecule has 0 unspecified atom stereocenters. The number of nitrogens with zero attached hydrogens (tertiary/aromatic N) is 2. The van der Waals surface area contributed by atoms with Crippen molar-refractivity contribution in [2.24, 2.45) is 0 Å². The van der Waals surface area contributed by atoms with Gasteiger partial charge in [0.25, 0.3) is 0 Å². The van der Waals surface area contributed by atoms with E-state index in [-0.39, 0.29) is 5.91 Å². The standard InChI is InChI=1S/C13H15N3O/c1-11-14-7-8-16(11)10-13(17)15-9-12-5-3-2-4-6-12/h2-8H,9-10H2,1H3,(H,15,17). The number of hydrogen-bond donors (Lipinski definition) is 1. The SMILES string of the molecule is Cc1nccn1CC(=O)NCc1ccccc1. The smallest absolute Gasteiger partial charge is 0.240 e. The molecule has 0 atom stereocenters. The summed E-state index contributed by atoms with van der Waals surface area (Å²) in [5.41, 5.74) is 1.10. The molecule has 0 fully saturated rings. The molecule has 0 spiro atoms. The second-order valence-corrected chi connectivity index (χ2v) is 3.86. The van der Waals surface area contributed by atoms with Crippen molar-refractivity contribution < 1.29 is 4.79 Å². The van der Waals surface area contributed by atoms with Crippen LogP contribution >= 0.6 is 0 Å². The lowest BCUT2D eigenvalue weighted by atomic mass is 10.2. The molecule has 0 saturated heterocycles. The van der Waals surface area contributed by atoms with Crippen molar-refractivity contribution in [2.75, 3.05) is 0 Å². The molecule has 17 heavy (non-hydrogen) atoms. The molecule has 88 valence electrons. The summed E-state index contributed by atoms with van der Waals surface area (Å²) in [6.07, 6.45) is 3.50. The summed E-state index contributed by atoms with van der Waals surface area (Å²) in [5.74, 6) is 0.842. The third kappa shape index (κ3) is 3.17. The van der Waals surface area contributed by atoms with E-state index in [4.69, 9.17) is 0 Å². The van der Waals surface area contributed by atoms with Gasteiger partial charge in [0, 0.05) is 18.9 Å². The number of amides is 1. The summed E-state index contributed by atoms with van der Waals surface area (Å²) in [4.78, 5) is 15.7. The first-order valence-corrected chi connectivity index (χ1v) is 5.54. The summed E-state index contributed by atoms with van der Waals surface area (Å²) in [5, 5.41) is 2.88. The van der Waals surface area contributed by atoms with Crippen molar-refractivity contribution in [2.45, 2.75) is 20.0 Å². The van der Waals surface area contributed by atoms with E-state index in [1.807, 2.05) is 41.8 Å². The molecule has 1 aromatic carbocycles. The highest BCUT2D eigenvalue weighted by atomic mass is 16.1. The molecule has 0 bridgehead atoms. The van der Waals surface area contributed by atoms with E-state index in [0.717, 1.165) is 11.4 Å². The van der Waals surface area contributed by atoms with Crippen LogP contribution in [0.3, 0.4) is 0 Å². The first-order valence-electron chi connectivity index (χ1n) is 5.54. The topological polar surface area (TPSA) is 46.9 Å². The van der Waals surface area contributed by atoms with Crippen LogP contribution < -0.4 is 5.32 Å². The molecule has 1 aromatic heterocycles. The zero-order valence-electron chi connectivity index (χ0n) is 9.76. The molecule has 4 nitrogen and oxygen atoms in total. The summed E-state index contributed by atoms with van der Waals surface area (Å²) in [6.45, 7) is 2.76. The fourth-order valence-electron chi connectivity index (χ4n) is 1.58. The quantitative estimate of drug-likeness (QED) is 0.863. The van der Waals surface area contributed by atoms with Gasteiger partial charge in [-0.2, -0.15) is 0 Å². The minimum atomic E-state index is -0.00467. The minimum Gasteiger partial charge on any atom is -0.350 e. The molecule has 2 aromatic rings. The maximum atomic E-state index is 11.7. The Labute approximate surface area is 100 Å². The Bertz CT molecular complexity index is 490. The summed E-state index contributed by atoms with van der Waals surface area (Å²) in [7, 11) is 0. The molecule has 0 aliphatic rings. The van der Waals surface area contributed by atoms with Crippen molar-refractivity contribution >= 4 is 5.91 Å². The molecular weight excluding hydrogens is 214 g/mol. The van der Waals surface area contributed by atoms with Gasteiger partial charge in [-0.1, -0.05) is 30.3 Å². The maximum absolute atomic E-state index is 11.7. The van der Waals surface area contributed by atoms with E-state index in [0.29, 0.717) is 13.1 Å². The summed E-state index contributed by atoms with van der Waals surface area (Å²) >= 11 is 0. The summed E-state index contributed by atoms with van der Waals surface area (Å²) in [6, 6.07) is 9.86. The van der Waals surface area contributed by atoms with Crippen LogP contribution in [0.2, 0.25) is 0 Å². The number of carbonyl (C=O) groups excluding carboxylic acids is 1. The molecular formula is C13H15N3O. The van der Waals surface area contributed by atoms with Gasteiger partial charge in [0.05, 0.1) is 0 Å². The van der Waals surface area contributed by atoms with Gasteiger partial charge in [0.1, 0.15) is 12.4 Å². The van der Waals surface area contributed by atoms with Gasteiger partial charge in [-0.05, 0) is 12.5 Å². The highest BCUT2D eigenvalue weighted by Crippen LogP contribution is 1.98. The normalized spacial score (nSPS) is 10.2. The largest absolute Gasteiger partial charge is 0.350 e. The number of imidazole rings is 1. The van der Waals surface area contributed by atoms with E-state index in [1.165, 1.54) is 0 Å². The molecule has 1 heterocycles. The molecule has 0 aliphatic heterocycles. The van der Waals surface area contributed by atoms with Crippen LogP contribution in [0.4, 0.5) is 0 Å². The lowest BCUT2D eigenvalue weighted by Gasteiger charge is -2.07. The second kappa shape index (κ2) is 5.30. The number of benzene rings is 1. The predicted molar refractivity (Wildman–Crippen MR) is 65.3 cm³/mol. The lowest BCUT2D eigenvalue weighted by molar-refractivity contribution is -0.121. The minimum absolute atomic E-state index is 0.00467. The fraction of sp³-hybridized carbons (Fsp3) is 0.231. The van der Waals surface area contributed by atoms with Crippen molar-refractivity contribution in [1.29, 1.82) is 0 Å². The van der Waals surface area contributed by atoms with Crippen molar-refractivity contribution in [3.8, 4) is 0 Å². The van der Waals surface area contributed by atoms with E-state index >= 15 is 0 Å². The average molecular weight is 229 g/mol. The third-order valence-corrected chi connectivity index (χ3v) is 2.57. The monoisotopic (exact) mass is 229 g/mol. The fourth-order valence-corrected chi connectivity index (χ4v) is 1.58. The number of rotatable bonds is 4. The van der Waals surface area contributed by atoms with Crippen LogP contribution in [0.1, 0.15) is 11.4 Å². The van der Waals surface area contributed by atoms with Gasteiger partial charge < -0.3 is 9.88 Å². The Morgan fingerprint density at radius 1 is 1.35 bits per heavy atom. The number of aromatic nitrogens is 2. The van der Waals surface area contributed by atoms with Gasteiger partial charge in [0.2, 0.25) is 5.91 Å². The number of aryl methyl sites for hydroxylation is 1. The van der Waals surface area contributed by atoms with Crippen LogP contribution in [0.15, 0.2) is 42.7 Å². The Hall–Kier alpha value is -2.10. The van der Waals surface area contributed by atoms with Gasteiger partial charge in [0.15, 0.2) is 0 Å². The average Bonchev–Trinajstić information content (AvgIpc) is 2.74. The van der Waals surface area contributed by atoms with E-state index < -0.39 is 0 Å². The number of carbonyl (C=O) groups is 1. The molecule has 1 amide bonds. The van der Waals surface area contributed by atoms with Crippen molar-refractivity contribution in [1.82, 2.24) is 14.9 Å². The Morgan fingerprint density at radius 3 is 2.76 bits per heavy atom. The van der Waals surface area contributed by atoms with E-state index in [1.54, 1.807) is 12.4 Å². The highest BCUT2D eigenvalue weighted by Gasteiger charge is 2.04. The maximum Gasteiger partial charge on any atom is 0.240 e.